The molecule has 47 valence electrons. The van der Waals surface area contributed by atoms with Crippen LogP contribution in [0.4, 0.5) is 0 Å². The summed E-state index contributed by atoms with van der Waals surface area (Å²) in [5.41, 5.74) is 0. The monoisotopic (exact) mass is 113 g/mol. The highest BCUT2D eigenvalue weighted by Crippen LogP contribution is 2.07. The average molecular weight is 113 g/mol. The lowest BCUT2D eigenvalue weighted by Gasteiger charge is -2.07. The van der Waals surface area contributed by atoms with Crippen molar-refractivity contribution in [2.75, 3.05) is 7.11 Å². The van der Waals surface area contributed by atoms with E-state index in [0.29, 0.717) is 5.92 Å². The van der Waals surface area contributed by atoms with E-state index < -0.39 is 0 Å². The van der Waals surface area contributed by atoms with Crippen LogP contribution in [-0.2, 0) is 4.74 Å². The summed E-state index contributed by atoms with van der Waals surface area (Å²) in [5.74, 6) is 1.41. The van der Waals surface area contributed by atoms with Gasteiger partial charge < -0.3 is 4.74 Å². The van der Waals surface area contributed by atoms with Crippen molar-refractivity contribution < 1.29 is 4.74 Å². The van der Waals surface area contributed by atoms with E-state index in [1.807, 2.05) is 0 Å². The van der Waals surface area contributed by atoms with Gasteiger partial charge >= 0.3 is 0 Å². The zero-order chi connectivity index (χ0) is 6.57. The summed E-state index contributed by atoms with van der Waals surface area (Å²) >= 11 is 0. The van der Waals surface area contributed by atoms with Crippen molar-refractivity contribution >= 4 is 0 Å². The first-order valence-electron chi connectivity index (χ1n) is 2.75. The summed E-state index contributed by atoms with van der Waals surface area (Å²) in [7, 11) is 1.66. The Morgan fingerprint density at radius 3 is 2.12 bits per heavy atom. The number of hydrogen-bond donors (Lipinski definition) is 0. The lowest BCUT2D eigenvalue weighted by molar-refractivity contribution is 0.254. The van der Waals surface area contributed by atoms with Gasteiger partial charge in [0.25, 0.3) is 0 Å². The summed E-state index contributed by atoms with van der Waals surface area (Å²) in [6.07, 6.45) is 1.74. The Bertz CT molecular complexity index is 82.4. The third-order valence-corrected chi connectivity index (χ3v) is 1.01. The maximum atomic E-state index is 4.96. The highest BCUT2D eigenvalue weighted by atomic mass is 16.5. The van der Waals surface area contributed by atoms with Gasteiger partial charge in [-0.1, -0.05) is 13.8 Å². The van der Waals surface area contributed by atoms with E-state index in [2.05, 4.69) is 20.8 Å². The molecule has 1 radical (unpaired) electrons. The minimum absolute atomic E-state index is 0.456. The van der Waals surface area contributed by atoms with E-state index in [0.717, 1.165) is 5.76 Å². The second kappa shape index (κ2) is 3.53. The minimum Gasteiger partial charge on any atom is -0.501 e. The average Bonchev–Trinajstić information content (AvgIpc) is 1.69. The normalized spacial score (nSPS) is 12.4. The molecule has 0 heterocycles. The molecule has 0 saturated carbocycles. The van der Waals surface area contributed by atoms with E-state index >= 15 is 0 Å². The molecule has 0 aliphatic carbocycles. The zero-order valence-electron chi connectivity index (χ0n) is 5.77. The Labute approximate surface area is 51.4 Å². The van der Waals surface area contributed by atoms with Crippen molar-refractivity contribution in [2.24, 2.45) is 5.92 Å². The van der Waals surface area contributed by atoms with Gasteiger partial charge in [0, 0.05) is 5.92 Å². The van der Waals surface area contributed by atoms with Crippen molar-refractivity contribution in [2.45, 2.75) is 13.8 Å². The van der Waals surface area contributed by atoms with Crippen LogP contribution in [0, 0.1) is 12.8 Å². The summed E-state index contributed by atoms with van der Waals surface area (Å²) < 4.78 is 4.96. The van der Waals surface area contributed by atoms with E-state index in [9.17, 15) is 0 Å². The SMILES string of the molecule is [CH2]C=C(OC)C(C)C. The summed E-state index contributed by atoms with van der Waals surface area (Å²) in [4.78, 5) is 0. The number of hydrogen-bond acceptors (Lipinski definition) is 1. The van der Waals surface area contributed by atoms with E-state index in [-0.39, 0.29) is 0 Å². The topological polar surface area (TPSA) is 9.23 Å². The van der Waals surface area contributed by atoms with Crippen molar-refractivity contribution in [3.63, 3.8) is 0 Å². The molecule has 0 aromatic heterocycles. The molecule has 0 atom stereocenters. The molecule has 0 aliphatic heterocycles. The molecule has 8 heavy (non-hydrogen) atoms. The molecule has 0 spiro atoms. The molecule has 1 nitrogen and oxygen atoms in total. The van der Waals surface area contributed by atoms with Crippen LogP contribution in [0.15, 0.2) is 11.8 Å². The highest BCUT2D eigenvalue weighted by Gasteiger charge is 1.97. The Morgan fingerprint density at radius 2 is 2.12 bits per heavy atom. The fraction of sp³-hybridized carbons (Fsp3) is 0.571. The maximum Gasteiger partial charge on any atom is 0.0941 e. The second-order valence-corrected chi connectivity index (χ2v) is 1.97. The third-order valence-electron chi connectivity index (χ3n) is 1.01. The smallest absolute Gasteiger partial charge is 0.0941 e. The van der Waals surface area contributed by atoms with E-state index in [4.69, 9.17) is 4.74 Å². The number of allylic oxidation sites excluding steroid dienone is 2. The fourth-order valence-electron chi connectivity index (χ4n) is 0.555. The van der Waals surface area contributed by atoms with Crippen LogP contribution in [0.25, 0.3) is 0 Å². The molecular weight excluding hydrogens is 100 g/mol. The van der Waals surface area contributed by atoms with Gasteiger partial charge in [-0.25, -0.2) is 0 Å². The molecule has 1 heteroatoms. The van der Waals surface area contributed by atoms with Crippen LogP contribution in [0.1, 0.15) is 13.8 Å². The van der Waals surface area contributed by atoms with Crippen molar-refractivity contribution in [3.05, 3.63) is 18.8 Å². The number of rotatable bonds is 2. The van der Waals surface area contributed by atoms with Crippen LogP contribution >= 0.6 is 0 Å². The van der Waals surface area contributed by atoms with Crippen molar-refractivity contribution in [1.29, 1.82) is 0 Å². The third kappa shape index (κ3) is 2.01. The molecule has 0 amide bonds. The Morgan fingerprint density at radius 1 is 1.62 bits per heavy atom. The molecule has 0 aromatic rings. The number of ether oxygens (including phenoxy) is 1. The van der Waals surface area contributed by atoms with Gasteiger partial charge in [0.2, 0.25) is 0 Å². The first kappa shape index (κ1) is 7.54. The largest absolute Gasteiger partial charge is 0.501 e. The van der Waals surface area contributed by atoms with Crippen molar-refractivity contribution in [3.8, 4) is 0 Å². The lowest BCUT2D eigenvalue weighted by atomic mass is 10.2. The Balaban J connectivity index is 3.72. The number of methoxy groups -OCH3 is 1. The predicted molar refractivity (Wildman–Crippen MR) is 35.3 cm³/mol. The second-order valence-electron chi connectivity index (χ2n) is 1.97. The van der Waals surface area contributed by atoms with Crippen molar-refractivity contribution in [1.82, 2.24) is 0 Å². The van der Waals surface area contributed by atoms with Gasteiger partial charge in [-0.15, -0.1) is 0 Å². The Kier molecular flexibility index (Phi) is 3.33. The first-order chi connectivity index (χ1) is 3.72. The van der Waals surface area contributed by atoms with Gasteiger partial charge in [-0.2, -0.15) is 0 Å². The fourth-order valence-corrected chi connectivity index (χ4v) is 0.555. The predicted octanol–water partition coefficient (Wildman–Crippen LogP) is 2.01. The standard InChI is InChI=1S/C7H13O/c1-5-7(8-4)6(2)3/h5-6H,1H2,2-4H3. The zero-order valence-corrected chi connectivity index (χ0v) is 5.77. The molecule has 0 aliphatic rings. The van der Waals surface area contributed by atoms with Gasteiger partial charge in [0.15, 0.2) is 0 Å². The molecule has 0 N–H and O–H groups in total. The molecule has 0 aromatic carbocycles. The molecule has 0 rings (SSSR count). The quantitative estimate of drug-likeness (QED) is 0.498. The first-order valence-corrected chi connectivity index (χ1v) is 2.75. The molecule has 0 unspecified atom stereocenters. The van der Waals surface area contributed by atoms with Crippen LogP contribution in [0.2, 0.25) is 0 Å². The summed E-state index contributed by atoms with van der Waals surface area (Å²) in [5, 5.41) is 0. The van der Waals surface area contributed by atoms with E-state index in [1.54, 1.807) is 13.2 Å². The van der Waals surface area contributed by atoms with Gasteiger partial charge in [-0.3, -0.25) is 0 Å². The molecule has 0 saturated heterocycles. The molecule has 0 fully saturated rings. The summed E-state index contributed by atoms with van der Waals surface area (Å²) in [6.45, 7) is 7.73. The van der Waals surface area contributed by atoms with Gasteiger partial charge in [0.05, 0.1) is 12.9 Å². The summed E-state index contributed by atoms with van der Waals surface area (Å²) in [6, 6.07) is 0. The highest BCUT2D eigenvalue weighted by molar-refractivity contribution is 4.97. The van der Waals surface area contributed by atoms with Crippen LogP contribution < -0.4 is 0 Å². The maximum absolute atomic E-state index is 4.96. The minimum atomic E-state index is 0.456. The van der Waals surface area contributed by atoms with Crippen LogP contribution in [-0.4, -0.2) is 7.11 Å². The molecule has 0 bridgehead atoms. The molecular formula is C7H13O. The van der Waals surface area contributed by atoms with Gasteiger partial charge in [-0.05, 0) is 13.0 Å². The van der Waals surface area contributed by atoms with Gasteiger partial charge in [0.1, 0.15) is 0 Å². The Hall–Kier alpha value is -0.460. The van der Waals surface area contributed by atoms with Crippen LogP contribution in [0.5, 0.6) is 0 Å². The lowest BCUT2D eigenvalue weighted by Crippen LogP contribution is -1.94. The van der Waals surface area contributed by atoms with Crippen LogP contribution in [0.3, 0.4) is 0 Å². The van der Waals surface area contributed by atoms with E-state index in [1.165, 1.54) is 0 Å².